The van der Waals surface area contributed by atoms with E-state index in [2.05, 4.69) is 21.6 Å². The average molecular weight is 294 g/mol. The molecule has 0 amide bonds. The molecule has 0 aliphatic carbocycles. The highest BCUT2D eigenvalue weighted by Crippen LogP contribution is 2.39. The number of rotatable bonds is 0. The molecule has 4 heterocycles. The molecule has 6 nitrogen and oxygen atoms in total. The normalized spacial score (nSPS) is 19.0. The van der Waals surface area contributed by atoms with Gasteiger partial charge in [0, 0.05) is 12.1 Å². The van der Waals surface area contributed by atoms with Gasteiger partial charge < -0.3 is 14.8 Å². The predicted molar refractivity (Wildman–Crippen MR) is 80.5 cm³/mol. The molecule has 0 saturated heterocycles. The first-order valence-corrected chi connectivity index (χ1v) is 7.34. The van der Waals surface area contributed by atoms with Crippen molar-refractivity contribution in [2.75, 3.05) is 18.5 Å². The van der Waals surface area contributed by atoms with Crippen LogP contribution in [0.25, 0.3) is 5.65 Å². The summed E-state index contributed by atoms with van der Waals surface area (Å²) < 4.78 is 13.8. The predicted octanol–water partition coefficient (Wildman–Crippen LogP) is 2.21. The second-order valence-corrected chi connectivity index (χ2v) is 5.61. The second kappa shape index (κ2) is 4.37. The van der Waals surface area contributed by atoms with Crippen molar-refractivity contribution in [2.45, 2.75) is 12.5 Å². The molecule has 110 valence electrons. The van der Waals surface area contributed by atoms with E-state index in [9.17, 15) is 0 Å². The average Bonchev–Trinajstić information content (AvgIpc) is 3.18. The fourth-order valence-electron chi connectivity index (χ4n) is 3.27. The van der Waals surface area contributed by atoms with Crippen molar-refractivity contribution >= 4 is 11.5 Å². The fraction of sp³-hybridized carbons (Fsp3) is 0.250. The molecule has 0 bridgehead atoms. The van der Waals surface area contributed by atoms with E-state index in [1.807, 2.05) is 28.7 Å². The molecule has 0 unspecified atom stereocenters. The van der Waals surface area contributed by atoms with Gasteiger partial charge in [-0.15, -0.1) is 10.2 Å². The molecular formula is C16H14N4O2. The van der Waals surface area contributed by atoms with Gasteiger partial charge in [-0.25, -0.2) is 0 Å². The maximum absolute atomic E-state index is 6.06. The highest BCUT2D eigenvalue weighted by Gasteiger charge is 2.29. The molecule has 2 aromatic heterocycles. The molecule has 0 fully saturated rings. The van der Waals surface area contributed by atoms with E-state index in [4.69, 9.17) is 9.47 Å². The van der Waals surface area contributed by atoms with Crippen molar-refractivity contribution < 1.29 is 9.47 Å². The van der Waals surface area contributed by atoms with E-state index in [-0.39, 0.29) is 5.92 Å². The van der Waals surface area contributed by atoms with Crippen LogP contribution in [0.4, 0.5) is 5.82 Å². The maximum atomic E-state index is 6.06. The molecule has 1 atom stereocenters. The minimum Gasteiger partial charge on any atom is -0.493 e. The third-order valence-corrected chi connectivity index (χ3v) is 4.32. The number of hydrogen-bond acceptors (Lipinski definition) is 5. The molecule has 0 spiro atoms. The second-order valence-electron chi connectivity index (χ2n) is 5.61. The molecule has 1 N–H and O–H groups in total. The van der Waals surface area contributed by atoms with Crippen LogP contribution < -0.4 is 14.8 Å². The van der Waals surface area contributed by atoms with Crippen LogP contribution in [-0.2, 0) is 6.54 Å². The summed E-state index contributed by atoms with van der Waals surface area (Å²) in [6, 6.07) is 10.1. The van der Waals surface area contributed by atoms with Crippen molar-refractivity contribution in [3.8, 4) is 11.5 Å². The number of nitrogens with one attached hydrogen (secondary N) is 1. The highest BCUT2D eigenvalue weighted by atomic mass is 16.5. The van der Waals surface area contributed by atoms with Crippen molar-refractivity contribution in [3.63, 3.8) is 0 Å². The Hall–Kier alpha value is -2.76. The summed E-state index contributed by atoms with van der Waals surface area (Å²) in [6.45, 7) is 2.00. The zero-order valence-corrected chi connectivity index (χ0v) is 11.8. The van der Waals surface area contributed by atoms with Crippen molar-refractivity contribution in [3.05, 3.63) is 47.8 Å². The third-order valence-electron chi connectivity index (χ3n) is 4.32. The molecule has 0 radical (unpaired) electrons. The van der Waals surface area contributed by atoms with Gasteiger partial charge in [0.15, 0.2) is 17.2 Å². The molecule has 2 aliphatic rings. The zero-order chi connectivity index (χ0) is 14.5. The minimum atomic E-state index is 0.274. The summed E-state index contributed by atoms with van der Waals surface area (Å²) in [7, 11) is 0. The molecule has 1 aromatic carbocycles. The monoisotopic (exact) mass is 294 g/mol. The Morgan fingerprint density at radius 3 is 2.95 bits per heavy atom. The molecule has 22 heavy (non-hydrogen) atoms. The number of ether oxygens (including phenoxy) is 2. The van der Waals surface area contributed by atoms with Crippen LogP contribution in [-0.4, -0.2) is 27.8 Å². The van der Waals surface area contributed by atoms with E-state index in [0.29, 0.717) is 13.2 Å². The lowest BCUT2D eigenvalue weighted by Gasteiger charge is -2.13. The molecule has 3 aromatic rings. The largest absolute Gasteiger partial charge is 0.493 e. The van der Waals surface area contributed by atoms with E-state index >= 15 is 0 Å². The lowest BCUT2D eigenvalue weighted by atomic mass is 9.96. The topological polar surface area (TPSA) is 60.7 Å². The molecule has 6 heteroatoms. The Morgan fingerprint density at radius 2 is 2.00 bits per heavy atom. The number of benzene rings is 1. The highest BCUT2D eigenvalue weighted by molar-refractivity contribution is 5.60. The van der Waals surface area contributed by atoms with Crippen LogP contribution in [0.1, 0.15) is 17.0 Å². The molecule has 5 rings (SSSR count). The van der Waals surface area contributed by atoms with Gasteiger partial charge >= 0.3 is 0 Å². The number of hydrogen-bond donors (Lipinski definition) is 1. The maximum Gasteiger partial charge on any atom is 0.162 e. The van der Waals surface area contributed by atoms with Crippen LogP contribution in [0.15, 0.2) is 36.7 Å². The SMILES string of the molecule is c1cc2c3c(c1)OC[C@H]3COc1ccc3nncn3c1NC2. The fourth-order valence-corrected chi connectivity index (χ4v) is 3.27. The van der Waals surface area contributed by atoms with Gasteiger partial charge in [0.2, 0.25) is 0 Å². The van der Waals surface area contributed by atoms with E-state index in [1.54, 1.807) is 6.33 Å². The lowest BCUT2D eigenvalue weighted by Crippen LogP contribution is -2.12. The first-order chi connectivity index (χ1) is 10.9. The molecule has 2 aliphatic heterocycles. The summed E-state index contributed by atoms with van der Waals surface area (Å²) in [5.41, 5.74) is 3.32. The smallest absolute Gasteiger partial charge is 0.162 e. The summed E-state index contributed by atoms with van der Waals surface area (Å²) in [5, 5.41) is 11.5. The van der Waals surface area contributed by atoms with Crippen molar-refractivity contribution in [1.82, 2.24) is 14.6 Å². The minimum absolute atomic E-state index is 0.274. The Kier molecular flexibility index (Phi) is 2.35. The van der Waals surface area contributed by atoms with Gasteiger partial charge in [-0.3, -0.25) is 4.40 Å². The number of anilines is 1. The zero-order valence-electron chi connectivity index (χ0n) is 11.8. The van der Waals surface area contributed by atoms with E-state index in [0.717, 1.165) is 29.5 Å². The number of nitrogens with zero attached hydrogens (tertiary/aromatic N) is 3. The van der Waals surface area contributed by atoms with Gasteiger partial charge in [0.05, 0.1) is 19.1 Å². The standard InChI is InChI=1S/C16H14N4O2/c1-2-10-6-17-16-13(4-5-14-19-18-9-20(14)16)22-8-11-7-21-12(3-1)15(10)11/h1-5,9,11,17H,6-8H2/t11-/m0/s1. The van der Waals surface area contributed by atoms with Crippen LogP contribution in [0.2, 0.25) is 0 Å². The summed E-state index contributed by atoms with van der Waals surface area (Å²) >= 11 is 0. The molecular weight excluding hydrogens is 280 g/mol. The Bertz CT molecular complexity index is 874. The molecule has 0 saturated carbocycles. The van der Waals surface area contributed by atoms with Gasteiger partial charge in [-0.2, -0.15) is 0 Å². The van der Waals surface area contributed by atoms with E-state index < -0.39 is 0 Å². The Labute approximate surface area is 126 Å². The van der Waals surface area contributed by atoms with Crippen molar-refractivity contribution in [2.24, 2.45) is 0 Å². The van der Waals surface area contributed by atoms with Gasteiger partial charge in [0.1, 0.15) is 12.1 Å². The van der Waals surface area contributed by atoms with Gasteiger partial charge in [-0.05, 0) is 23.8 Å². The summed E-state index contributed by atoms with van der Waals surface area (Å²) in [4.78, 5) is 0. The van der Waals surface area contributed by atoms with Crippen LogP contribution in [0.3, 0.4) is 0 Å². The Morgan fingerprint density at radius 1 is 1.09 bits per heavy atom. The van der Waals surface area contributed by atoms with Crippen LogP contribution >= 0.6 is 0 Å². The summed E-state index contributed by atoms with van der Waals surface area (Å²) in [6.07, 6.45) is 1.70. The lowest BCUT2D eigenvalue weighted by molar-refractivity contribution is 0.249. The van der Waals surface area contributed by atoms with Crippen LogP contribution in [0.5, 0.6) is 11.5 Å². The number of aromatic nitrogens is 3. The summed E-state index contributed by atoms with van der Waals surface area (Å²) in [5.74, 6) is 2.96. The Balaban J connectivity index is 1.66. The van der Waals surface area contributed by atoms with E-state index in [1.165, 1.54) is 11.1 Å². The van der Waals surface area contributed by atoms with Gasteiger partial charge in [0.25, 0.3) is 0 Å². The third kappa shape index (κ3) is 1.60. The van der Waals surface area contributed by atoms with Crippen molar-refractivity contribution in [1.29, 1.82) is 0 Å². The van der Waals surface area contributed by atoms with Gasteiger partial charge in [-0.1, -0.05) is 12.1 Å². The first kappa shape index (κ1) is 11.9. The number of pyridine rings is 1. The first-order valence-electron chi connectivity index (χ1n) is 7.34. The quantitative estimate of drug-likeness (QED) is 0.689. The number of fused-ring (bicyclic) bond motifs is 3. The van der Waals surface area contributed by atoms with Crippen LogP contribution in [0, 0.1) is 0 Å².